The van der Waals surface area contributed by atoms with Crippen molar-refractivity contribution in [3.05, 3.63) is 29.8 Å². The van der Waals surface area contributed by atoms with Crippen molar-refractivity contribution in [1.29, 1.82) is 0 Å². The first kappa shape index (κ1) is 20.0. The Morgan fingerprint density at radius 2 is 1.65 bits per heavy atom. The molecule has 3 rings (SSSR count). The van der Waals surface area contributed by atoms with Gasteiger partial charge in [0, 0.05) is 12.3 Å². The Hall–Kier alpha value is -0.725. The molecule has 0 aromatic heterocycles. The van der Waals surface area contributed by atoms with Gasteiger partial charge >= 0.3 is 7.12 Å². The van der Waals surface area contributed by atoms with Crippen LogP contribution in [0.4, 0.5) is 0 Å². The van der Waals surface area contributed by atoms with Gasteiger partial charge in [0.25, 0.3) is 0 Å². The lowest BCUT2D eigenvalue weighted by Crippen LogP contribution is -2.41. The quantitative estimate of drug-likeness (QED) is 0.580. The molecule has 1 aromatic rings. The Morgan fingerprint density at radius 3 is 2.15 bits per heavy atom. The van der Waals surface area contributed by atoms with Crippen LogP contribution in [0.5, 0.6) is 0 Å². The Labute approximate surface area is 159 Å². The van der Waals surface area contributed by atoms with Gasteiger partial charge in [-0.15, -0.1) is 0 Å². The normalized spacial score (nSPS) is 24.7. The summed E-state index contributed by atoms with van der Waals surface area (Å²) in [6.45, 7) is 11.1. The SMILES string of the molecule is CC1(C)OB(c2ccc(CN3CCC(CS(=O)[O-])CC3)cc2)OC1(C)C. The summed E-state index contributed by atoms with van der Waals surface area (Å²) in [5, 5.41) is 0. The predicted molar refractivity (Wildman–Crippen MR) is 104 cm³/mol. The molecule has 0 amide bonds. The molecular formula is C19H29BNO4S-. The van der Waals surface area contributed by atoms with Gasteiger partial charge in [0.2, 0.25) is 0 Å². The zero-order valence-electron chi connectivity index (χ0n) is 16.2. The van der Waals surface area contributed by atoms with Crippen LogP contribution in [0.1, 0.15) is 46.1 Å². The molecule has 2 heterocycles. The summed E-state index contributed by atoms with van der Waals surface area (Å²) in [4.78, 5) is 2.40. The summed E-state index contributed by atoms with van der Waals surface area (Å²) in [5.41, 5.74) is 1.66. The molecule has 2 fully saturated rings. The van der Waals surface area contributed by atoms with E-state index in [9.17, 15) is 8.76 Å². The van der Waals surface area contributed by atoms with E-state index in [1.165, 1.54) is 5.56 Å². The van der Waals surface area contributed by atoms with Crippen LogP contribution in [0.25, 0.3) is 0 Å². The standard InChI is InChI=1S/C19H30BNO4S/c1-18(2)19(3,4)25-20(24-18)17-7-5-15(6-8-17)13-21-11-9-16(10-12-21)14-26(22)23/h5-8,16H,9-14H2,1-4H3,(H,22,23)/p-1. The van der Waals surface area contributed by atoms with Gasteiger partial charge < -0.3 is 13.9 Å². The Bertz CT molecular complexity index is 625. The summed E-state index contributed by atoms with van der Waals surface area (Å²) in [6.07, 6.45) is 1.92. The Kier molecular flexibility index (Phi) is 5.94. The van der Waals surface area contributed by atoms with Crippen LogP contribution in [-0.4, -0.2) is 50.8 Å². The van der Waals surface area contributed by atoms with E-state index in [4.69, 9.17) is 9.31 Å². The smallest absolute Gasteiger partial charge is 0.494 e. The summed E-state index contributed by atoms with van der Waals surface area (Å²) < 4.78 is 33.9. The van der Waals surface area contributed by atoms with E-state index < -0.39 is 11.1 Å². The van der Waals surface area contributed by atoms with E-state index >= 15 is 0 Å². The van der Waals surface area contributed by atoms with Crippen molar-refractivity contribution in [2.75, 3.05) is 18.8 Å². The fraction of sp³-hybridized carbons (Fsp3) is 0.684. The zero-order chi connectivity index (χ0) is 18.9. The summed E-state index contributed by atoms with van der Waals surface area (Å²) in [5.74, 6) is 0.617. The Morgan fingerprint density at radius 1 is 1.12 bits per heavy atom. The average molecular weight is 378 g/mol. The van der Waals surface area contributed by atoms with Crippen LogP contribution in [0.2, 0.25) is 0 Å². The van der Waals surface area contributed by atoms with Crippen molar-refractivity contribution < 1.29 is 18.1 Å². The van der Waals surface area contributed by atoms with Crippen LogP contribution in [0.3, 0.4) is 0 Å². The number of benzene rings is 1. The van der Waals surface area contributed by atoms with Crippen molar-refractivity contribution >= 4 is 23.7 Å². The third-order valence-corrected chi connectivity index (χ3v) is 6.73. The molecule has 0 saturated carbocycles. The summed E-state index contributed by atoms with van der Waals surface area (Å²) >= 11 is -1.92. The van der Waals surface area contributed by atoms with Gasteiger partial charge in [-0.25, -0.2) is 0 Å². The largest absolute Gasteiger partial charge is 0.772 e. The third kappa shape index (κ3) is 4.57. The minimum Gasteiger partial charge on any atom is -0.772 e. The number of piperidine rings is 1. The molecule has 0 radical (unpaired) electrons. The zero-order valence-corrected chi connectivity index (χ0v) is 17.0. The number of hydrogen-bond acceptors (Lipinski definition) is 5. The second kappa shape index (κ2) is 7.72. The highest BCUT2D eigenvalue weighted by molar-refractivity contribution is 7.79. The molecule has 0 spiro atoms. The minimum absolute atomic E-state index is 0.302. The van der Waals surface area contributed by atoms with Gasteiger partial charge in [-0.1, -0.05) is 35.3 Å². The molecule has 1 atom stereocenters. The number of nitrogens with zero attached hydrogens (tertiary/aromatic N) is 1. The van der Waals surface area contributed by atoms with E-state index in [2.05, 4.69) is 56.9 Å². The molecule has 0 bridgehead atoms. The topological polar surface area (TPSA) is 61.8 Å². The van der Waals surface area contributed by atoms with E-state index in [0.717, 1.165) is 37.9 Å². The lowest BCUT2D eigenvalue weighted by Gasteiger charge is -2.32. The highest BCUT2D eigenvalue weighted by Gasteiger charge is 2.51. The lowest BCUT2D eigenvalue weighted by molar-refractivity contribution is 0.00578. The van der Waals surface area contributed by atoms with Gasteiger partial charge in [-0.2, -0.15) is 0 Å². The number of hydrogen-bond donors (Lipinski definition) is 0. The van der Waals surface area contributed by atoms with Crippen molar-refractivity contribution in [2.24, 2.45) is 5.92 Å². The summed E-state index contributed by atoms with van der Waals surface area (Å²) in [7, 11) is -0.322. The molecule has 2 aliphatic heterocycles. The highest BCUT2D eigenvalue weighted by Crippen LogP contribution is 2.36. The molecule has 2 aliphatic rings. The second-order valence-electron chi connectivity index (χ2n) is 8.52. The van der Waals surface area contributed by atoms with E-state index in [1.54, 1.807) is 0 Å². The van der Waals surface area contributed by atoms with Crippen LogP contribution in [-0.2, 0) is 26.9 Å². The molecule has 26 heavy (non-hydrogen) atoms. The molecule has 0 aliphatic carbocycles. The molecule has 144 valence electrons. The molecule has 5 nitrogen and oxygen atoms in total. The fourth-order valence-corrected chi connectivity index (χ4v) is 4.24. The van der Waals surface area contributed by atoms with E-state index in [0.29, 0.717) is 11.7 Å². The minimum atomic E-state index is -1.92. The van der Waals surface area contributed by atoms with Crippen LogP contribution >= 0.6 is 0 Å². The third-order valence-electron chi connectivity index (χ3n) is 5.99. The highest BCUT2D eigenvalue weighted by atomic mass is 32.2. The van der Waals surface area contributed by atoms with Crippen LogP contribution in [0.15, 0.2) is 24.3 Å². The summed E-state index contributed by atoms with van der Waals surface area (Å²) in [6, 6.07) is 8.45. The van der Waals surface area contributed by atoms with Gasteiger partial charge in [-0.3, -0.25) is 9.11 Å². The van der Waals surface area contributed by atoms with Crippen molar-refractivity contribution in [3.63, 3.8) is 0 Å². The maximum atomic E-state index is 10.8. The van der Waals surface area contributed by atoms with E-state index in [-0.39, 0.29) is 18.3 Å². The van der Waals surface area contributed by atoms with Crippen molar-refractivity contribution in [3.8, 4) is 0 Å². The van der Waals surface area contributed by atoms with E-state index in [1.807, 2.05) is 0 Å². The van der Waals surface area contributed by atoms with Crippen LogP contribution < -0.4 is 5.46 Å². The van der Waals surface area contributed by atoms with Crippen molar-refractivity contribution in [1.82, 2.24) is 4.90 Å². The average Bonchev–Trinajstić information content (AvgIpc) is 2.77. The lowest BCUT2D eigenvalue weighted by atomic mass is 9.79. The molecule has 1 unspecified atom stereocenters. The van der Waals surface area contributed by atoms with Gasteiger partial charge in [-0.05, 0) is 70.6 Å². The second-order valence-corrected chi connectivity index (χ2v) is 9.46. The maximum Gasteiger partial charge on any atom is 0.494 e. The maximum absolute atomic E-state index is 10.8. The molecule has 2 saturated heterocycles. The molecule has 7 heteroatoms. The number of likely N-dealkylation sites (tertiary alicyclic amines) is 1. The predicted octanol–water partition coefficient (Wildman–Crippen LogP) is 2.08. The van der Waals surface area contributed by atoms with Crippen molar-refractivity contribution in [2.45, 2.75) is 58.3 Å². The van der Waals surface area contributed by atoms with Gasteiger partial charge in [0.1, 0.15) is 0 Å². The molecule has 1 aromatic carbocycles. The fourth-order valence-electron chi connectivity index (χ4n) is 3.52. The number of rotatable bonds is 5. The first-order valence-electron chi connectivity index (χ1n) is 9.39. The first-order valence-corrected chi connectivity index (χ1v) is 10.6. The monoisotopic (exact) mass is 378 g/mol. The van der Waals surface area contributed by atoms with Gasteiger partial charge in [0.05, 0.1) is 11.2 Å². The molecule has 0 N–H and O–H groups in total. The first-order chi connectivity index (χ1) is 12.2. The molecular weight excluding hydrogens is 349 g/mol. The van der Waals surface area contributed by atoms with Crippen LogP contribution in [0, 0.1) is 5.92 Å². The van der Waals surface area contributed by atoms with Gasteiger partial charge in [0.15, 0.2) is 0 Å². The Balaban J connectivity index is 1.54.